The minimum Gasteiger partial charge on any atom is -0.344 e. The van der Waals surface area contributed by atoms with E-state index in [1.165, 1.54) is 22.9 Å². The molecule has 1 heterocycles. The highest BCUT2D eigenvalue weighted by molar-refractivity contribution is 5.84. The molecule has 1 atom stereocenters. The quantitative estimate of drug-likeness (QED) is 0.702. The summed E-state index contributed by atoms with van der Waals surface area (Å²) in [7, 11) is 0. The van der Waals surface area contributed by atoms with Gasteiger partial charge in [0.25, 0.3) is 0 Å². The first kappa shape index (κ1) is 10.3. The molecule has 0 N–H and O–H groups in total. The fraction of sp³-hybridized carbons (Fsp3) is 0.429. The summed E-state index contributed by atoms with van der Waals surface area (Å²) in [5, 5.41) is 1.42. The van der Waals surface area contributed by atoms with Crippen molar-refractivity contribution in [1.29, 1.82) is 0 Å². The maximum absolute atomic E-state index is 2.41. The molecule has 1 heteroatoms. The first-order chi connectivity index (χ1) is 7.27. The Hall–Kier alpha value is -1.24. The van der Waals surface area contributed by atoms with Gasteiger partial charge in [-0.25, -0.2) is 0 Å². The second-order valence-electron chi connectivity index (χ2n) is 4.19. The normalized spacial score (nSPS) is 13.3. The van der Waals surface area contributed by atoms with Gasteiger partial charge >= 0.3 is 0 Å². The molecular weight excluding hydrogens is 182 g/mol. The van der Waals surface area contributed by atoms with E-state index in [0.717, 1.165) is 6.42 Å². The Labute approximate surface area is 91.7 Å². The number of hydrogen-bond donors (Lipinski definition) is 0. The molecular formula is C14H19N. The van der Waals surface area contributed by atoms with Crippen molar-refractivity contribution in [2.45, 2.75) is 39.7 Å². The topological polar surface area (TPSA) is 4.93 Å². The van der Waals surface area contributed by atoms with Crippen molar-refractivity contribution in [2.75, 3.05) is 0 Å². The van der Waals surface area contributed by atoms with Crippen molar-refractivity contribution >= 4 is 10.9 Å². The van der Waals surface area contributed by atoms with Gasteiger partial charge in [-0.1, -0.05) is 32.0 Å². The highest BCUT2D eigenvalue weighted by Crippen LogP contribution is 2.25. The summed E-state index contributed by atoms with van der Waals surface area (Å²) in [6.45, 7) is 6.75. The number of para-hydroxylation sites is 1. The van der Waals surface area contributed by atoms with E-state index >= 15 is 0 Å². The fourth-order valence-corrected chi connectivity index (χ4v) is 2.12. The average molecular weight is 201 g/mol. The first-order valence-electron chi connectivity index (χ1n) is 5.86. The third kappa shape index (κ3) is 1.67. The van der Waals surface area contributed by atoms with Crippen LogP contribution in [0.5, 0.6) is 0 Å². The maximum Gasteiger partial charge on any atom is 0.0485 e. The Balaban J connectivity index is 2.65. The summed E-state index contributed by atoms with van der Waals surface area (Å²) in [5.41, 5.74) is 2.84. The average Bonchev–Trinajstić information content (AvgIpc) is 2.67. The van der Waals surface area contributed by atoms with Crippen LogP contribution in [0.25, 0.3) is 10.9 Å². The molecule has 0 spiro atoms. The Morgan fingerprint density at radius 2 is 1.93 bits per heavy atom. The van der Waals surface area contributed by atoms with E-state index in [1.807, 2.05) is 0 Å². The van der Waals surface area contributed by atoms with Crippen LogP contribution >= 0.6 is 0 Å². The Morgan fingerprint density at radius 1 is 1.20 bits per heavy atom. The van der Waals surface area contributed by atoms with Gasteiger partial charge in [0, 0.05) is 23.1 Å². The molecule has 2 aromatic rings. The van der Waals surface area contributed by atoms with Crippen LogP contribution in [0.3, 0.4) is 0 Å². The van der Waals surface area contributed by atoms with Crippen LogP contribution < -0.4 is 0 Å². The molecule has 0 aliphatic carbocycles. The van der Waals surface area contributed by atoms with Gasteiger partial charge in [0.15, 0.2) is 0 Å². The molecule has 1 aromatic heterocycles. The molecule has 1 aromatic carbocycles. The molecule has 0 fully saturated rings. The second-order valence-corrected chi connectivity index (χ2v) is 4.19. The minimum atomic E-state index is 0.593. The van der Waals surface area contributed by atoms with Gasteiger partial charge in [-0.15, -0.1) is 0 Å². The third-order valence-electron chi connectivity index (χ3n) is 3.27. The summed E-state index contributed by atoms with van der Waals surface area (Å²) >= 11 is 0. The number of aromatic nitrogens is 1. The molecule has 0 saturated heterocycles. The smallest absolute Gasteiger partial charge is 0.0485 e. The first-order valence-corrected chi connectivity index (χ1v) is 5.86. The summed E-state index contributed by atoms with van der Waals surface area (Å²) in [6, 6.07) is 9.30. The molecule has 0 aliphatic rings. The predicted molar refractivity (Wildman–Crippen MR) is 66.3 cm³/mol. The van der Waals surface area contributed by atoms with Crippen molar-refractivity contribution < 1.29 is 0 Å². The number of hydrogen-bond acceptors (Lipinski definition) is 0. The van der Waals surface area contributed by atoms with Crippen molar-refractivity contribution in [1.82, 2.24) is 4.57 Å². The Kier molecular flexibility index (Phi) is 2.81. The number of nitrogens with zero attached hydrogens (tertiary/aromatic N) is 1. The molecule has 80 valence electrons. The monoisotopic (exact) mass is 201 g/mol. The number of rotatable bonds is 3. The van der Waals surface area contributed by atoms with Gasteiger partial charge in [0.1, 0.15) is 0 Å². The van der Waals surface area contributed by atoms with Crippen LogP contribution in [0, 0.1) is 0 Å². The highest BCUT2D eigenvalue weighted by Gasteiger charge is 2.09. The highest BCUT2D eigenvalue weighted by atomic mass is 15.0. The van der Waals surface area contributed by atoms with E-state index in [0.29, 0.717) is 6.04 Å². The Morgan fingerprint density at radius 3 is 2.60 bits per heavy atom. The van der Waals surface area contributed by atoms with Crippen LogP contribution in [0.15, 0.2) is 30.5 Å². The summed E-state index contributed by atoms with van der Waals surface area (Å²) in [6.07, 6.45) is 4.62. The van der Waals surface area contributed by atoms with Crippen LogP contribution in [0.4, 0.5) is 0 Å². The lowest BCUT2D eigenvalue weighted by molar-refractivity contribution is 0.547. The van der Waals surface area contributed by atoms with Crippen LogP contribution in [0.1, 0.15) is 38.8 Å². The lowest BCUT2D eigenvalue weighted by Crippen LogP contribution is -2.01. The number of benzene rings is 1. The molecule has 0 aliphatic heterocycles. The van der Waals surface area contributed by atoms with E-state index in [-0.39, 0.29) is 0 Å². The molecule has 1 unspecified atom stereocenters. The SMILES string of the molecule is CCc1cn(C(C)CC)c2ccccc12. The lowest BCUT2D eigenvalue weighted by Gasteiger charge is -2.12. The van der Waals surface area contributed by atoms with Gasteiger partial charge in [0.2, 0.25) is 0 Å². The van der Waals surface area contributed by atoms with E-state index < -0.39 is 0 Å². The maximum atomic E-state index is 2.41. The zero-order chi connectivity index (χ0) is 10.8. The van der Waals surface area contributed by atoms with Crippen LogP contribution in [-0.2, 0) is 6.42 Å². The summed E-state index contributed by atoms with van der Waals surface area (Å²) < 4.78 is 2.41. The minimum absolute atomic E-state index is 0.593. The predicted octanol–water partition coefficient (Wildman–Crippen LogP) is 4.17. The van der Waals surface area contributed by atoms with Crippen molar-refractivity contribution in [3.8, 4) is 0 Å². The zero-order valence-corrected chi connectivity index (χ0v) is 9.83. The molecule has 15 heavy (non-hydrogen) atoms. The van der Waals surface area contributed by atoms with Crippen LogP contribution in [0.2, 0.25) is 0 Å². The second kappa shape index (κ2) is 4.09. The zero-order valence-electron chi connectivity index (χ0n) is 9.83. The third-order valence-corrected chi connectivity index (χ3v) is 3.27. The Bertz CT molecular complexity index is 453. The molecule has 0 bridgehead atoms. The van der Waals surface area contributed by atoms with Crippen molar-refractivity contribution in [3.63, 3.8) is 0 Å². The van der Waals surface area contributed by atoms with Crippen LogP contribution in [-0.4, -0.2) is 4.57 Å². The lowest BCUT2D eigenvalue weighted by atomic mass is 10.1. The van der Waals surface area contributed by atoms with Gasteiger partial charge in [0.05, 0.1) is 0 Å². The van der Waals surface area contributed by atoms with Crippen molar-refractivity contribution in [3.05, 3.63) is 36.0 Å². The molecule has 0 amide bonds. The molecule has 0 radical (unpaired) electrons. The molecule has 1 nitrogen and oxygen atoms in total. The van der Waals surface area contributed by atoms with Crippen molar-refractivity contribution in [2.24, 2.45) is 0 Å². The van der Waals surface area contributed by atoms with E-state index in [1.54, 1.807) is 0 Å². The number of fused-ring (bicyclic) bond motifs is 1. The van der Waals surface area contributed by atoms with Gasteiger partial charge in [-0.05, 0) is 31.4 Å². The van der Waals surface area contributed by atoms with E-state index in [4.69, 9.17) is 0 Å². The summed E-state index contributed by atoms with van der Waals surface area (Å²) in [4.78, 5) is 0. The fourth-order valence-electron chi connectivity index (χ4n) is 2.12. The molecule has 0 saturated carbocycles. The molecule has 2 rings (SSSR count). The van der Waals surface area contributed by atoms with Gasteiger partial charge < -0.3 is 4.57 Å². The van der Waals surface area contributed by atoms with E-state index in [2.05, 4.69) is 55.8 Å². The van der Waals surface area contributed by atoms with E-state index in [9.17, 15) is 0 Å². The standard InChI is InChI=1S/C14H19N/c1-4-11(3)15-10-12(5-2)13-8-6-7-9-14(13)15/h6-11H,4-5H2,1-3H3. The van der Waals surface area contributed by atoms with Gasteiger partial charge in [-0.2, -0.15) is 0 Å². The summed E-state index contributed by atoms with van der Waals surface area (Å²) in [5.74, 6) is 0. The largest absolute Gasteiger partial charge is 0.344 e. The number of aryl methyl sites for hydroxylation is 1. The van der Waals surface area contributed by atoms with Gasteiger partial charge in [-0.3, -0.25) is 0 Å².